The molecule has 6 nitrogen and oxygen atoms in total. The van der Waals surface area contributed by atoms with Gasteiger partial charge < -0.3 is 14.7 Å². The third-order valence-corrected chi connectivity index (χ3v) is 6.68. The average Bonchev–Trinajstić information content (AvgIpc) is 3.40. The highest BCUT2D eigenvalue weighted by Gasteiger charge is 2.43. The molecule has 1 saturated carbocycles. The second-order valence-electron chi connectivity index (χ2n) is 8.28. The summed E-state index contributed by atoms with van der Waals surface area (Å²) in [5.41, 5.74) is -0.0787. The molecule has 3 heterocycles. The van der Waals surface area contributed by atoms with Gasteiger partial charge in [0.1, 0.15) is 6.61 Å². The molecule has 3 aliphatic rings. The van der Waals surface area contributed by atoms with Crippen molar-refractivity contribution in [3.63, 3.8) is 0 Å². The van der Waals surface area contributed by atoms with E-state index in [1.165, 1.54) is 22.6 Å². The summed E-state index contributed by atoms with van der Waals surface area (Å²) in [7, 11) is 0. The molecule has 1 spiro atoms. The number of halogens is 3. The topological polar surface area (TPSA) is 70.1 Å². The molecule has 1 aromatic heterocycles. The van der Waals surface area contributed by atoms with Crippen molar-refractivity contribution in [3.05, 3.63) is 21.9 Å². The number of amides is 1. The Kier molecular flexibility index (Phi) is 7.09. The molecule has 4 rings (SSSR count). The fourth-order valence-corrected chi connectivity index (χ4v) is 4.71. The van der Waals surface area contributed by atoms with Crippen LogP contribution >= 0.6 is 11.3 Å². The van der Waals surface area contributed by atoms with Crippen molar-refractivity contribution in [2.24, 2.45) is 5.92 Å². The van der Waals surface area contributed by atoms with Crippen LogP contribution in [-0.2, 0) is 20.9 Å². The maximum absolute atomic E-state index is 12.1. The molecule has 2 aliphatic heterocycles. The molecule has 1 amide bonds. The fraction of sp³-hybridized carbons (Fsp3) is 0.700. The number of carbonyl (C=O) groups excluding carboxylic acids is 1. The molecule has 1 N–H and O–H groups in total. The molecule has 0 aromatic carbocycles. The van der Waals surface area contributed by atoms with Gasteiger partial charge >= 0.3 is 12.1 Å². The minimum absolute atomic E-state index is 0.0787. The number of thiophene rings is 1. The first-order valence-electron chi connectivity index (χ1n) is 10.1. The molecule has 0 bridgehead atoms. The minimum Gasteiger partial charge on any atom is -0.475 e. The SMILES string of the molecule is Cc1ccc(CN2CCC3(CC2)CN(CC2CC2)C(=O)CO3)s1.O=C(O)C(F)(F)F. The van der Waals surface area contributed by atoms with Gasteiger partial charge in [0.2, 0.25) is 5.91 Å². The Hall–Kier alpha value is -1.65. The van der Waals surface area contributed by atoms with E-state index in [1.807, 2.05) is 11.3 Å². The number of rotatable bonds is 4. The van der Waals surface area contributed by atoms with Gasteiger partial charge in [-0.2, -0.15) is 13.2 Å². The van der Waals surface area contributed by atoms with E-state index < -0.39 is 12.1 Å². The number of alkyl halides is 3. The number of likely N-dealkylation sites (tertiary alicyclic amines) is 1. The molecular formula is C20H27F3N2O4S. The van der Waals surface area contributed by atoms with Gasteiger partial charge in [-0.05, 0) is 50.7 Å². The number of aryl methyl sites for hydroxylation is 1. The van der Waals surface area contributed by atoms with Crippen LogP contribution in [0.2, 0.25) is 0 Å². The molecule has 168 valence electrons. The largest absolute Gasteiger partial charge is 0.490 e. The predicted molar refractivity (Wildman–Crippen MR) is 105 cm³/mol. The molecule has 30 heavy (non-hydrogen) atoms. The predicted octanol–water partition coefficient (Wildman–Crippen LogP) is 3.29. The lowest BCUT2D eigenvalue weighted by Crippen LogP contribution is -2.58. The molecule has 2 saturated heterocycles. The summed E-state index contributed by atoms with van der Waals surface area (Å²) < 4.78 is 37.8. The molecule has 10 heteroatoms. The number of hydrogen-bond donors (Lipinski definition) is 1. The Labute approximate surface area is 177 Å². The monoisotopic (exact) mass is 448 g/mol. The molecule has 3 fully saturated rings. The summed E-state index contributed by atoms with van der Waals surface area (Å²) in [5.74, 6) is -1.80. The normalized spacial score (nSPS) is 22.0. The first-order chi connectivity index (χ1) is 14.1. The van der Waals surface area contributed by atoms with Crippen LogP contribution in [0, 0.1) is 12.8 Å². The molecule has 1 aliphatic carbocycles. The number of carbonyl (C=O) groups is 2. The Balaban J connectivity index is 0.000000318. The molecule has 0 atom stereocenters. The zero-order chi connectivity index (χ0) is 21.9. The molecule has 0 unspecified atom stereocenters. The van der Waals surface area contributed by atoms with Gasteiger partial charge in [0.15, 0.2) is 0 Å². The lowest BCUT2D eigenvalue weighted by atomic mass is 9.89. The number of hydrogen-bond acceptors (Lipinski definition) is 5. The van der Waals surface area contributed by atoms with E-state index in [9.17, 15) is 18.0 Å². The Bertz CT molecular complexity index is 755. The number of aliphatic carboxylic acids is 1. The Morgan fingerprint density at radius 1 is 1.30 bits per heavy atom. The quantitative estimate of drug-likeness (QED) is 0.766. The van der Waals surface area contributed by atoms with E-state index >= 15 is 0 Å². The highest BCUT2D eigenvalue weighted by Crippen LogP contribution is 2.35. The van der Waals surface area contributed by atoms with Crippen LogP contribution in [0.5, 0.6) is 0 Å². The summed E-state index contributed by atoms with van der Waals surface area (Å²) in [6.07, 6.45) is -0.394. The third kappa shape index (κ3) is 6.42. The zero-order valence-electron chi connectivity index (χ0n) is 16.9. The van der Waals surface area contributed by atoms with E-state index in [0.717, 1.165) is 51.5 Å². The van der Waals surface area contributed by atoms with Crippen LogP contribution in [-0.4, -0.2) is 71.3 Å². The van der Waals surface area contributed by atoms with Crippen LogP contribution in [0.15, 0.2) is 12.1 Å². The van der Waals surface area contributed by atoms with Crippen LogP contribution in [0.1, 0.15) is 35.4 Å². The molecular weight excluding hydrogens is 421 g/mol. The third-order valence-electron chi connectivity index (χ3n) is 5.69. The van der Waals surface area contributed by atoms with Crippen LogP contribution in [0.4, 0.5) is 13.2 Å². The molecule has 0 radical (unpaired) electrons. The number of piperidine rings is 1. The minimum atomic E-state index is -5.08. The Morgan fingerprint density at radius 3 is 2.43 bits per heavy atom. The first-order valence-corrected chi connectivity index (χ1v) is 10.9. The van der Waals surface area contributed by atoms with Crippen molar-refractivity contribution < 1.29 is 32.6 Å². The van der Waals surface area contributed by atoms with Crippen molar-refractivity contribution in [2.75, 3.05) is 32.8 Å². The van der Waals surface area contributed by atoms with E-state index in [4.69, 9.17) is 14.6 Å². The fourth-order valence-electron chi connectivity index (χ4n) is 3.78. The lowest BCUT2D eigenvalue weighted by Gasteiger charge is -2.47. The van der Waals surface area contributed by atoms with Gasteiger partial charge in [0.25, 0.3) is 0 Å². The standard InChI is InChI=1S/C18H26N2O2S.C2HF3O2/c1-14-2-5-16(23-14)11-19-8-6-18(7-9-19)13-20(10-15-3-4-15)17(21)12-22-18;3-2(4,5)1(6)7/h2,5,15H,3-4,6-13H2,1H3;(H,6,7). The van der Waals surface area contributed by atoms with E-state index in [0.29, 0.717) is 0 Å². The first kappa shape index (κ1) is 23.0. The second-order valence-corrected chi connectivity index (χ2v) is 9.65. The van der Waals surface area contributed by atoms with Gasteiger partial charge in [0.05, 0.1) is 5.60 Å². The summed E-state index contributed by atoms with van der Waals surface area (Å²) >= 11 is 1.90. The van der Waals surface area contributed by atoms with Gasteiger partial charge in [-0.3, -0.25) is 9.69 Å². The van der Waals surface area contributed by atoms with Crippen molar-refractivity contribution in [3.8, 4) is 0 Å². The lowest BCUT2D eigenvalue weighted by molar-refractivity contribution is -0.192. The van der Waals surface area contributed by atoms with Crippen molar-refractivity contribution in [2.45, 2.75) is 50.9 Å². The number of carboxylic acids is 1. The van der Waals surface area contributed by atoms with Crippen molar-refractivity contribution >= 4 is 23.2 Å². The number of morpholine rings is 1. The van der Waals surface area contributed by atoms with E-state index in [1.54, 1.807) is 0 Å². The summed E-state index contributed by atoms with van der Waals surface area (Å²) in [4.78, 5) is 28.4. The van der Waals surface area contributed by atoms with Crippen LogP contribution < -0.4 is 0 Å². The second kappa shape index (κ2) is 9.23. The Morgan fingerprint density at radius 2 is 1.93 bits per heavy atom. The zero-order valence-corrected chi connectivity index (χ0v) is 17.7. The molecule has 1 aromatic rings. The van der Waals surface area contributed by atoms with Crippen LogP contribution in [0.25, 0.3) is 0 Å². The highest BCUT2D eigenvalue weighted by molar-refractivity contribution is 7.11. The maximum atomic E-state index is 12.1. The van der Waals surface area contributed by atoms with E-state index in [-0.39, 0.29) is 18.1 Å². The highest BCUT2D eigenvalue weighted by atomic mass is 32.1. The van der Waals surface area contributed by atoms with Crippen LogP contribution in [0.3, 0.4) is 0 Å². The smallest absolute Gasteiger partial charge is 0.475 e. The van der Waals surface area contributed by atoms with Gasteiger partial charge in [0, 0.05) is 42.5 Å². The van der Waals surface area contributed by atoms with Crippen molar-refractivity contribution in [1.29, 1.82) is 0 Å². The van der Waals surface area contributed by atoms with Gasteiger partial charge in [-0.1, -0.05) is 0 Å². The average molecular weight is 449 g/mol. The summed E-state index contributed by atoms with van der Waals surface area (Å²) in [6, 6.07) is 4.45. The van der Waals surface area contributed by atoms with Crippen molar-refractivity contribution in [1.82, 2.24) is 9.80 Å². The summed E-state index contributed by atoms with van der Waals surface area (Å²) in [5, 5.41) is 7.12. The number of carboxylic acid groups (broad SMARTS) is 1. The summed E-state index contributed by atoms with van der Waals surface area (Å²) in [6.45, 7) is 7.43. The van der Waals surface area contributed by atoms with Gasteiger partial charge in [-0.25, -0.2) is 4.79 Å². The number of nitrogens with zero attached hydrogens (tertiary/aromatic N) is 2. The van der Waals surface area contributed by atoms with E-state index in [2.05, 4.69) is 28.9 Å². The van der Waals surface area contributed by atoms with Gasteiger partial charge in [-0.15, -0.1) is 11.3 Å². The number of ether oxygens (including phenoxy) is 1. The maximum Gasteiger partial charge on any atom is 0.490 e.